The Morgan fingerprint density at radius 2 is 1.81 bits per heavy atom. The Hall–Kier alpha value is -2.92. The number of anilines is 2. The van der Waals surface area contributed by atoms with Crippen molar-refractivity contribution in [2.75, 3.05) is 10.6 Å². The Labute approximate surface area is 156 Å². The van der Waals surface area contributed by atoms with Crippen LogP contribution in [-0.2, 0) is 0 Å². The summed E-state index contributed by atoms with van der Waals surface area (Å²) in [7, 11) is 0. The highest BCUT2D eigenvalue weighted by atomic mass is 35.5. The van der Waals surface area contributed by atoms with E-state index in [9.17, 15) is 9.18 Å². The molecule has 0 fully saturated rings. The molecule has 0 radical (unpaired) electrons. The highest BCUT2D eigenvalue weighted by Crippen LogP contribution is 2.21. The summed E-state index contributed by atoms with van der Waals surface area (Å²) >= 11 is 5.71. The van der Waals surface area contributed by atoms with Crippen LogP contribution >= 0.6 is 11.6 Å². The molecule has 1 aromatic heterocycles. The van der Waals surface area contributed by atoms with Crippen LogP contribution in [0.25, 0.3) is 0 Å². The Bertz CT molecular complexity index is 901. The molecule has 0 aliphatic rings. The van der Waals surface area contributed by atoms with Gasteiger partial charge in [0.05, 0.1) is 16.9 Å². The lowest BCUT2D eigenvalue weighted by molar-refractivity contribution is 0.102. The summed E-state index contributed by atoms with van der Waals surface area (Å²) < 4.78 is 13.2. The summed E-state index contributed by atoms with van der Waals surface area (Å²) in [6.07, 6.45) is 1.60. The molecule has 1 heterocycles. The van der Waals surface area contributed by atoms with E-state index in [4.69, 9.17) is 11.6 Å². The van der Waals surface area contributed by atoms with Gasteiger partial charge in [-0.3, -0.25) is 4.79 Å². The first kappa shape index (κ1) is 17.9. The van der Waals surface area contributed by atoms with E-state index in [0.717, 1.165) is 11.3 Å². The second-order valence-electron chi connectivity index (χ2n) is 5.79. The molecule has 132 valence electrons. The molecule has 0 spiro atoms. The molecule has 0 aliphatic heterocycles. The smallest absolute Gasteiger partial charge is 0.274 e. The highest BCUT2D eigenvalue weighted by molar-refractivity contribution is 6.31. The fraction of sp³-hybridized carbons (Fsp3) is 0.100. The summed E-state index contributed by atoms with van der Waals surface area (Å²) in [5.41, 5.74) is 2.62. The number of amides is 1. The summed E-state index contributed by atoms with van der Waals surface area (Å²) in [6, 6.07) is 17.5. The maximum Gasteiger partial charge on any atom is 0.274 e. The van der Waals surface area contributed by atoms with Crippen LogP contribution in [-0.4, -0.2) is 10.9 Å². The number of carbonyl (C=O) groups excluding carboxylic acids is 1. The van der Waals surface area contributed by atoms with Crippen LogP contribution in [0.1, 0.15) is 29.0 Å². The van der Waals surface area contributed by atoms with Gasteiger partial charge in [0.2, 0.25) is 0 Å². The summed E-state index contributed by atoms with van der Waals surface area (Å²) in [4.78, 5) is 16.4. The zero-order valence-corrected chi connectivity index (χ0v) is 14.8. The number of nitrogens with zero attached hydrogens (tertiary/aromatic N) is 1. The Balaban J connectivity index is 1.65. The third-order valence-corrected chi connectivity index (χ3v) is 4.15. The van der Waals surface area contributed by atoms with E-state index in [2.05, 4.69) is 15.6 Å². The van der Waals surface area contributed by atoms with Gasteiger partial charge in [0, 0.05) is 11.7 Å². The van der Waals surface area contributed by atoms with Crippen LogP contribution in [0.3, 0.4) is 0 Å². The van der Waals surface area contributed by atoms with Crippen molar-refractivity contribution in [3.63, 3.8) is 0 Å². The molecule has 3 rings (SSSR count). The first-order valence-electron chi connectivity index (χ1n) is 8.07. The predicted octanol–water partition coefficient (Wildman–Crippen LogP) is 5.30. The van der Waals surface area contributed by atoms with Crippen LogP contribution in [0.15, 0.2) is 66.9 Å². The van der Waals surface area contributed by atoms with Gasteiger partial charge >= 0.3 is 0 Å². The van der Waals surface area contributed by atoms with Crippen molar-refractivity contribution in [2.24, 2.45) is 0 Å². The molecule has 26 heavy (non-hydrogen) atoms. The van der Waals surface area contributed by atoms with Crippen LogP contribution < -0.4 is 10.6 Å². The van der Waals surface area contributed by atoms with Gasteiger partial charge in [0.25, 0.3) is 5.91 Å². The first-order chi connectivity index (χ1) is 12.5. The number of carbonyl (C=O) groups is 1. The van der Waals surface area contributed by atoms with Crippen LogP contribution in [0, 0.1) is 5.82 Å². The molecular weight excluding hydrogens is 353 g/mol. The van der Waals surface area contributed by atoms with Crippen molar-refractivity contribution in [1.82, 2.24) is 4.98 Å². The molecule has 1 amide bonds. The Morgan fingerprint density at radius 1 is 1.08 bits per heavy atom. The largest absolute Gasteiger partial charge is 0.377 e. The minimum absolute atomic E-state index is 0.0507. The predicted molar refractivity (Wildman–Crippen MR) is 102 cm³/mol. The molecule has 0 saturated heterocycles. The van der Waals surface area contributed by atoms with E-state index < -0.39 is 11.7 Å². The van der Waals surface area contributed by atoms with Crippen molar-refractivity contribution in [3.05, 3.63) is 89.0 Å². The third-order valence-electron chi connectivity index (χ3n) is 3.86. The van der Waals surface area contributed by atoms with E-state index in [1.807, 2.05) is 37.3 Å². The molecular formula is C20H17ClFN3O. The van der Waals surface area contributed by atoms with Gasteiger partial charge in [-0.15, -0.1) is 0 Å². The number of pyridine rings is 1. The van der Waals surface area contributed by atoms with Crippen LogP contribution in [0.2, 0.25) is 5.02 Å². The lowest BCUT2D eigenvalue weighted by Crippen LogP contribution is -2.14. The van der Waals surface area contributed by atoms with Crippen LogP contribution in [0.5, 0.6) is 0 Å². The van der Waals surface area contributed by atoms with Crippen molar-refractivity contribution in [2.45, 2.75) is 13.0 Å². The first-order valence-corrected chi connectivity index (χ1v) is 8.44. The normalized spacial score (nSPS) is 11.7. The number of aromatic nitrogens is 1. The monoisotopic (exact) mass is 369 g/mol. The van der Waals surface area contributed by atoms with E-state index >= 15 is 0 Å². The molecule has 0 aliphatic carbocycles. The number of rotatable bonds is 5. The van der Waals surface area contributed by atoms with Gasteiger partial charge in [-0.2, -0.15) is 0 Å². The van der Waals surface area contributed by atoms with Gasteiger partial charge in [-0.05, 0) is 42.8 Å². The number of nitrogens with one attached hydrogen (secondary N) is 2. The number of hydrogen-bond acceptors (Lipinski definition) is 3. The molecule has 2 N–H and O–H groups in total. The second kappa shape index (κ2) is 7.97. The molecule has 1 atom stereocenters. The fourth-order valence-electron chi connectivity index (χ4n) is 2.46. The van der Waals surface area contributed by atoms with E-state index in [1.165, 1.54) is 18.2 Å². The number of hydrogen-bond donors (Lipinski definition) is 2. The fourth-order valence-corrected chi connectivity index (χ4v) is 2.64. The summed E-state index contributed by atoms with van der Waals surface area (Å²) in [5, 5.41) is 5.92. The van der Waals surface area contributed by atoms with Crippen LogP contribution in [0.4, 0.5) is 15.8 Å². The molecule has 2 aromatic carbocycles. The Morgan fingerprint density at radius 3 is 2.46 bits per heavy atom. The SMILES string of the molecule is CC(Nc1ccc(C(=O)Nc2ccc(F)c(Cl)c2)nc1)c1ccccc1. The zero-order valence-electron chi connectivity index (χ0n) is 14.0. The van der Waals surface area contributed by atoms with Crippen molar-refractivity contribution in [1.29, 1.82) is 0 Å². The standard InChI is InChI=1S/C20H17ClFN3O/c1-13(14-5-3-2-4-6-14)24-16-8-10-19(23-12-16)20(26)25-15-7-9-18(22)17(21)11-15/h2-13,24H,1H3,(H,25,26). The molecule has 6 heteroatoms. The topological polar surface area (TPSA) is 54.0 Å². The minimum Gasteiger partial charge on any atom is -0.377 e. The number of benzene rings is 2. The quantitative estimate of drug-likeness (QED) is 0.641. The lowest BCUT2D eigenvalue weighted by Gasteiger charge is -2.15. The van der Waals surface area contributed by atoms with Gasteiger partial charge in [0.1, 0.15) is 11.5 Å². The average molecular weight is 370 g/mol. The van der Waals surface area contributed by atoms with Gasteiger partial charge in [0.15, 0.2) is 0 Å². The molecule has 0 saturated carbocycles. The average Bonchev–Trinajstić information content (AvgIpc) is 2.66. The summed E-state index contributed by atoms with van der Waals surface area (Å²) in [6.45, 7) is 2.05. The lowest BCUT2D eigenvalue weighted by atomic mass is 10.1. The molecule has 3 aromatic rings. The molecule has 1 unspecified atom stereocenters. The van der Waals surface area contributed by atoms with Gasteiger partial charge < -0.3 is 10.6 Å². The van der Waals surface area contributed by atoms with Crippen molar-refractivity contribution >= 4 is 28.9 Å². The zero-order chi connectivity index (χ0) is 18.5. The van der Waals surface area contributed by atoms with Gasteiger partial charge in [-0.1, -0.05) is 41.9 Å². The second-order valence-corrected chi connectivity index (χ2v) is 6.20. The van der Waals surface area contributed by atoms with Crippen molar-refractivity contribution < 1.29 is 9.18 Å². The molecule has 0 bridgehead atoms. The minimum atomic E-state index is -0.536. The van der Waals surface area contributed by atoms with E-state index in [1.54, 1.807) is 18.3 Å². The van der Waals surface area contributed by atoms with Crippen molar-refractivity contribution in [3.8, 4) is 0 Å². The Kier molecular flexibility index (Phi) is 5.49. The van der Waals surface area contributed by atoms with E-state index in [0.29, 0.717) is 5.69 Å². The van der Waals surface area contributed by atoms with Gasteiger partial charge in [-0.25, -0.2) is 9.37 Å². The maximum absolute atomic E-state index is 13.2. The molecule has 4 nitrogen and oxygen atoms in total. The summed E-state index contributed by atoms with van der Waals surface area (Å²) in [5.74, 6) is -0.930. The van der Waals surface area contributed by atoms with E-state index in [-0.39, 0.29) is 16.8 Å². The third kappa shape index (κ3) is 4.37. The highest BCUT2D eigenvalue weighted by Gasteiger charge is 2.10. The number of halogens is 2. The maximum atomic E-state index is 13.2.